The molecule has 0 spiro atoms. The first-order valence-electron chi connectivity index (χ1n) is 5.59. The molecule has 6 nitrogen and oxygen atoms in total. The van der Waals surface area contributed by atoms with Crippen molar-refractivity contribution >= 4 is 17.3 Å². The number of carbonyl (C=O) groups is 1. The molecule has 1 aromatic rings. The highest BCUT2D eigenvalue weighted by Gasteiger charge is 2.12. The van der Waals surface area contributed by atoms with E-state index in [0.717, 1.165) is 0 Å². The number of nitrogens with one attached hydrogen (secondary N) is 1. The van der Waals surface area contributed by atoms with Crippen molar-refractivity contribution in [2.75, 3.05) is 38.4 Å². The average molecular weight is 253 g/mol. The third-order valence-electron chi connectivity index (χ3n) is 2.51. The van der Waals surface area contributed by atoms with E-state index in [-0.39, 0.29) is 19.1 Å². The van der Waals surface area contributed by atoms with Crippen molar-refractivity contribution in [2.24, 2.45) is 0 Å². The molecule has 0 saturated carbocycles. The molecule has 1 rings (SSSR count). The van der Waals surface area contributed by atoms with E-state index in [1.807, 2.05) is 0 Å². The van der Waals surface area contributed by atoms with Crippen molar-refractivity contribution in [3.63, 3.8) is 0 Å². The minimum Gasteiger partial charge on any atom is -0.397 e. The second kappa shape index (κ2) is 6.23. The fourth-order valence-corrected chi connectivity index (χ4v) is 1.44. The Labute approximate surface area is 106 Å². The van der Waals surface area contributed by atoms with E-state index in [2.05, 4.69) is 5.32 Å². The molecule has 0 fully saturated rings. The summed E-state index contributed by atoms with van der Waals surface area (Å²) in [6.45, 7) is -0.441. The lowest BCUT2D eigenvalue weighted by Crippen LogP contribution is -2.28. The molecular formula is C12H19N3O3. The van der Waals surface area contributed by atoms with Crippen LogP contribution in [0.15, 0.2) is 18.2 Å². The Morgan fingerprint density at radius 3 is 2.50 bits per heavy atom. The van der Waals surface area contributed by atoms with E-state index in [0.29, 0.717) is 16.9 Å². The van der Waals surface area contributed by atoms with Gasteiger partial charge in [-0.1, -0.05) is 0 Å². The molecule has 100 valence electrons. The second-order valence-electron chi connectivity index (χ2n) is 4.21. The van der Waals surface area contributed by atoms with Gasteiger partial charge < -0.3 is 26.2 Å². The number of hydrogen-bond acceptors (Lipinski definition) is 5. The maximum atomic E-state index is 11.8. The number of rotatable bonds is 5. The Morgan fingerprint density at radius 1 is 1.39 bits per heavy atom. The quantitative estimate of drug-likeness (QED) is 0.542. The first-order valence-corrected chi connectivity index (χ1v) is 5.59. The molecule has 0 radical (unpaired) electrons. The summed E-state index contributed by atoms with van der Waals surface area (Å²) in [6, 6.07) is 4.35. The minimum atomic E-state index is -0.503. The van der Waals surface area contributed by atoms with E-state index < -0.39 is 6.04 Å². The standard InChI is InChI=1S/C12H19N3O3/c1-15(2)12(18)8-3-4-10(13)11(5-8)14-9(6-16)7-17/h3-5,9,14,16-17H,6-7,13H2,1-2H3. The molecule has 1 aromatic carbocycles. The number of nitrogen functional groups attached to an aromatic ring is 1. The van der Waals surface area contributed by atoms with Crippen molar-refractivity contribution in [3.05, 3.63) is 23.8 Å². The first kappa shape index (κ1) is 14.3. The summed E-state index contributed by atoms with van der Waals surface area (Å²) in [5, 5.41) is 20.9. The summed E-state index contributed by atoms with van der Waals surface area (Å²) >= 11 is 0. The van der Waals surface area contributed by atoms with Crippen LogP contribution in [0, 0.1) is 0 Å². The summed E-state index contributed by atoms with van der Waals surface area (Å²) in [5.74, 6) is -0.136. The van der Waals surface area contributed by atoms with Gasteiger partial charge >= 0.3 is 0 Å². The maximum Gasteiger partial charge on any atom is 0.253 e. The van der Waals surface area contributed by atoms with Crippen LogP contribution in [0.4, 0.5) is 11.4 Å². The number of aliphatic hydroxyl groups excluding tert-OH is 2. The zero-order chi connectivity index (χ0) is 13.7. The van der Waals surface area contributed by atoms with Crippen molar-refractivity contribution < 1.29 is 15.0 Å². The third-order valence-corrected chi connectivity index (χ3v) is 2.51. The van der Waals surface area contributed by atoms with Crippen LogP contribution in [0.3, 0.4) is 0 Å². The Morgan fingerprint density at radius 2 is 2.00 bits per heavy atom. The zero-order valence-electron chi connectivity index (χ0n) is 10.6. The Hall–Kier alpha value is -1.79. The van der Waals surface area contributed by atoms with Crippen LogP contribution in [0.5, 0.6) is 0 Å². The summed E-state index contributed by atoms with van der Waals surface area (Å²) in [5.41, 5.74) is 7.24. The molecule has 0 heterocycles. The summed E-state index contributed by atoms with van der Waals surface area (Å²) in [6.07, 6.45) is 0. The normalized spacial score (nSPS) is 10.5. The van der Waals surface area contributed by atoms with Gasteiger partial charge in [-0.2, -0.15) is 0 Å². The molecule has 5 N–H and O–H groups in total. The third kappa shape index (κ3) is 3.35. The molecule has 0 aromatic heterocycles. The van der Waals surface area contributed by atoms with Gasteiger partial charge in [-0.3, -0.25) is 4.79 Å². The van der Waals surface area contributed by atoms with E-state index >= 15 is 0 Å². The molecule has 0 bridgehead atoms. The number of nitrogens with two attached hydrogens (primary N) is 1. The molecular weight excluding hydrogens is 234 g/mol. The van der Waals surface area contributed by atoms with Gasteiger partial charge in [0.2, 0.25) is 0 Å². The maximum absolute atomic E-state index is 11.8. The van der Waals surface area contributed by atoms with Gasteiger partial charge in [-0.15, -0.1) is 0 Å². The van der Waals surface area contributed by atoms with E-state index in [9.17, 15) is 4.79 Å². The van der Waals surface area contributed by atoms with Crippen molar-refractivity contribution in [3.8, 4) is 0 Å². The molecule has 0 aliphatic carbocycles. The van der Waals surface area contributed by atoms with Crippen molar-refractivity contribution in [1.82, 2.24) is 4.90 Å². The number of hydrogen-bond donors (Lipinski definition) is 4. The topological polar surface area (TPSA) is 98.8 Å². The predicted octanol–water partition coefficient (Wildman–Crippen LogP) is -0.264. The highest BCUT2D eigenvalue weighted by atomic mass is 16.3. The average Bonchev–Trinajstić information content (AvgIpc) is 2.36. The highest BCUT2D eigenvalue weighted by molar-refractivity contribution is 5.95. The molecule has 0 atom stereocenters. The van der Waals surface area contributed by atoms with Gasteiger partial charge in [-0.25, -0.2) is 0 Å². The number of amides is 1. The fourth-order valence-electron chi connectivity index (χ4n) is 1.44. The monoisotopic (exact) mass is 253 g/mol. The van der Waals surface area contributed by atoms with E-state index in [1.165, 1.54) is 4.90 Å². The van der Waals surface area contributed by atoms with Crippen molar-refractivity contribution in [2.45, 2.75) is 6.04 Å². The fraction of sp³-hybridized carbons (Fsp3) is 0.417. The van der Waals surface area contributed by atoms with Crippen LogP contribution in [0.2, 0.25) is 0 Å². The van der Waals surface area contributed by atoms with Crippen LogP contribution in [-0.4, -0.2) is 54.4 Å². The van der Waals surface area contributed by atoms with Crippen molar-refractivity contribution in [1.29, 1.82) is 0 Å². The predicted molar refractivity (Wildman–Crippen MR) is 70.5 cm³/mol. The zero-order valence-corrected chi connectivity index (χ0v) is 10.6. The summed E-state index contributed by atoms with van der Waals surface area (Å²) < 4.78 is 0. The molecule has 18 heavy (non-hydrogen) atoms. The van der Waals surface area contributed by atoms with Gasteiger partial charge in [0.1, 0.15) is 0 Å². The molecule has 0 unspecified atom stereocenters. The molecule has 1 amide bonds. The molecule has 0 aliphatic rings. The number of benzene rings is 1. The highest BCUT2D eigenvalue weighted by Crippen LogP contribution is 2.21. The molecule has 0 aliphatic heterocycles. The van der Waals surface area contributed by atoms with Gasteiger partial charge in [0.05, 0.1) is 30.6 Å². The summed E-state index contributed by atoms with van der Waals surface area (Å²) in [4.78, 5) is 13.3. The van der Waals surface area contributed by atoms with Crippen LogP contribution in [-0.2, 0) is 0 Å². The molecule has 0 saturated heterocycles. The summed E-state index contributed by atoms with van der Waals surface area (Å²) in [7, 11) is 3.33. The smallest absolute Gasteiger partial charge is 0.253 e. The first-order chi connectivity index (χ1) is 8.49. The van der Waals surface area contributed by atoms with E-state index in [4.69, 9.17) is 15.9 Å². The van der Waals surface area contributed by atoms with Gasteiger partial charge in [0.15, 0.2) is 0 Å². The Kier molecular flexibility index (Phi) is 4.94. The van der Waals surface area contributed by atoms with Crippen LogP contribution < -0.4 is 11.1 Å². The largest absolute Gasteiger partial charge is 0.397 e. The lowest BCUT2D eigenvalue weighted by molar-refractivity contribution is 0.0827. The van der Waals surface area contributed by atoms with E-state index in [1.54, 1.807) is 32.3 Å². The van der Waals surface area contributed by atoms with Gasteiger partial charge in [-0.05, 0) is 18.2 Å². The molecule has 6 heteroatoms. The SMILES string of the molecule is CN(C)C(=O)c1ccc(N)c(NC(CO)CO)c1. The number of nitrogens with zero attached hydrogens (tertiary/aromatic N) is 1. The lowest BCUT2D eigenvalue weighted by atomic mass is 10.1. The van der Waals surface area contributed by atoms with Crippen LogP contribution >= 0.6 is 0 Å². The van der Waals surface area contributed by atoms with Crippen LogP contribution in [0.25, 0.3) is 0 Å². The van der Waals surface area contributed by atoms with Crippen LogP contribution in [0.1, 0.15) is 10.4 Å². The lowest BCUT2D eigenvalue weighted by Gasteiger charge is -2.18. The Bertz CT molecular complexity index is 417. The second-order valence-corrected chi connectivity index (χ2v) is 4.21. The van der Waals surface area contributed by atoms with Gasteiger partial charge in [0.25, 0.3) is 5.91 Å². The number of anilines is 2. The Balaban J connectivity index is 2.97. The number of carbonyl (C=O) groups excluding carboxylic acids is 1. The number of aliphatic hydroxyl groups is 2. The minimum absolute atomic E-state index is 0.136. The van der Waals surface area contributed by atoms with Gasteiger partial charge in [0, 0.05) is 19.7 Å².